The number of aromatic nitrogens is 2. The number of para-hydroxylation sites is 1. The first-order valence-corrected chi connectivity index (χ1v) is 9.03. The number of hydrogen-bond donors (Lipinski definition) is 2. The van der Waals surface area contributed by atoms with Crippen LogP contribution < -0.4 is 5.32 Å². The molecule has 0 bridgehead atoms. The Hall–Kier alpha value is -4.00. The van der Waals surface area contributed by atoms with Crippen LogP contribution in [0.4, 0.5) is 11.5 Å². The van der Waals surface area contributed by atoms with E-state index in [1.165, 1.54) is 6.07 Å². The van der Waals surface area contributed by atoms with E-state index in [1.54, 1.807) is 42.7 Å². The van der Waals surface area contributed by atoms with Gasteiger partial charge in [-0.05, 0) is 36.8 Å². The lowest BCUT2D eigenvalue weighted by atomic mass is 9.95. The van der Waals surface area contributed by atoms with E-state index >= 15 is 0 Å². The smallest absolute Gasteiger partial charge is 0.275 e. The van der Waals surface area contributed by atoms with Gasteiger partial charge in [-0.3, -0.25) is 15.1 Å². The monoisotopic (exact) mass is 386 g/mol. The Morgan fingerprint density at radius 2 is 1.83 bits per heavy atom. The first kappa shape index (κ1) is 18.4. The zero-order chi connectivity index (χ0) is 20.4. The number of aryl methyl sites for hydroxylation is 1. The number of benzene rings is 2. The van der Waals surface area contributed by atoms with Crippen molar-refractivity contribution >= 4 is 22.4 Å². The Labute approximate surface area is 166 Å². The second-order valence-corrected chi connectivity index (χ2v) is 6.69. The summed E-state index contributed by atoms with van der Waals surface area (Å²) in [4.78, 5) is 19.8. The van der Waals surface area contributed by atoms with E-state index in [4.69, 9.17) is 0 Å². The Kier molecular flexibility index (Phi) is 4.78. The van der Waals surface area contributed by atoms with E-state index in [2.05, 4.69) is 15.3 Å². The van der Waals surface area contributed by atoms with Crippen molar-refractivity contribution in [1.29, 1.82) is 0 Å². The number of anilines is 1. The molecule has 7 nitrogen and oxygen atoms in total. The number of pyridine rings is 2. The van der Waals surface area contributed by atoms with Crippen molar-refractivity contribution in [3.8, 4) is 5.75 Å². The predicted octanol–water partition coefficient (Wildman–Crippen LogP) is 4.75. The molecule has 0 spiro atoms. The third-order valence-electron chi connectivity index (χ3n) is 4.74. The van der Waals surface area contributed by atoms with Crippen molar-refractivity contribution in [2.45, 2.75) is 13.0 Å². The normalized spacial score (nSPS) is 11.9. The summed E-state index contributed by atoms with van der Waals surface area (Å²) < 4.78 is 0. The first-order valence-electron chi connectivity index (χ1n) is 9.03. The maximum absolute atomic E-state index is 11.6. The summed E-state index contributed by atoms with van der Waals surface area (Å²) in [6.07, 6.45) is 3.26. The zero-order valence-corrected chi connectivity index (χ0v) is 15.6. The highest BCUT2D eigenvalue weighted by Crippen LogP contribution is 2.39. The number of nitro benzene ring substituents is 1. The molecule has 2 aromatic heterocycles. The Bertz CT molecular complexity index is 1210. The van der Waals surface area contributed by atoms with Gasteiger partial charge in [0, 0.05) is 29.4 Å². The molecule has 144 valence electrons. The van der Waals surface area contributed by atoms with Crippen molar-refractivity contribution < 1.29 is 10.0 Å². The highest BCUT2D eigenvalue weighted by molar-refractivity contribution is 5.86. The fourth-order valence-electron chi connectivity index (χ4n) is 3.36. The molecule has 1 atom stereocenters. The summed E-state index contributed by atoms with van der Waals surface area (Å²) in [6.45, 7) is 1.93. The summed E-state index contributed by atoms with van der Waals surface area (Å²) in [6, 6.07) is 16.7. The largest absolute Gasteiger partial charge is 0.505 e. The van der Waals surface area contributed by atoms with Crippen LogP contribution in [0.15, 0.2) is 73.1 Å². The summed E-state index contributed by atoms with van der Waals surface area (Å²) in [5.74, 6) is 0.528. The average molecular weight is 386 g/mol. The van der Waals surface area contributed by atoms with Gasteiger partial charge in [-0.25, -0.2) is 4.98 Å². The van der Waals surface area contributed by atoms with E-state index in [0.717, 1.165) is 10.9 Å². The van der Waals surface area contributed by atoms with Crippen LogP contribution in [-0.2, 0) is 0 Å². The van der Waals surface area contributed by atoms with Crippen molar-refractivity contribution in [2.24, 2.45) is 0 Å². The number of phenols is 1. The van der Waals surface area contributed by atoms with E-state index in [1.807, 2.05) is 31.2 Å². The number of nitro groups is 1. The molecular formula is C22H18N4O3. The summed E-state index contributed by atoms with van der Waals surface area (Å²) in [5, 5.41) is 26.6. The summed E-state index contributed by atoms with van der Waals surface area (Å²) in [5.41, 5.74) is 2.29. The van der Waals surface area contributed by atoms with E-state index in [0.29, 0.717) is 22.5 Å². The number of hydrogen-bond acceptors (Lipinski definition) is 6. The quantitative estimate of drug-likeness (QED) is 0.379. The molecule has 7 heteroatoms. The molecule has 2 heterocycles. The fourth-order valence-corrected chi connectivity index (χ4v) is 3.36. The fraction of sp³-hybridized carbons (Fsp3) is 0.0909. The van der Waals surface area contributed by atoms with Gasteiger partial charge in [-0.2, -0.15) is 0 Å². The van der Waals surface area contributed by atoms with Gasteiger partial charge in [0.05, 0.1) is 16.5 Å². The van der Waals surface area contributed by atoms with Gasteiger partial charge in [-0.15, -0.1) is 0 Å². The number of aromatic hydroxyl groups is 1. The summed E-state index contributed by atoms with van der Waals surface area (Å²) >= 11 is 0. The molecule has 0 unspecified atom stereocenters. The Morgan fingerprint density at radius 3 is 2.62 bits per heavy atom. The second-order valence-electron chi connectivity index (χ2n) is 6.69. The van der Waals surface area contributed by atoms with Gasteiger partial charge in [0.15, 0.2) is 0 Å². The maximum atomic E-state index is 11.6. The number of nitrogens with one attached hydrogen (secondary N) is 1. The predicted molar refractivity (Wildman–Crippen MR) is 111 cm³/mol. The minimum Gasteiger partial charge on any atom is -0.505 e. The zero-order valence-electron chi connectivity index (χ0n) is 15.6. The van der Waals surface area contributed by atoms with Crippen LogP contribution in [0.2, 0.25) is 0 Å². The van der Waals surface area contributed by atoms with Gasteiger partial charge in [0.2, 0.25) is 0 Å². The molecule has 0 aliphatic rings. The Balaban J connectivity index is 1.92. The van der Waals surface area contributed by atoms with Crippen molar-refractivity contribution in [3.05, 3.63) is 99.9 Å². The molecule has 4 aromatic rings. The molecule has 29 heavy (non-hydrogen) atoms. The van der Waals surface area contributed by atoms with Crippen LogP contribution in [0.3, 0.4) is 0 Å². The minimum absolute atomic E-state index is 0.0218. The first-order chi connectivity index (χ1) is 14.0. The van der Waals surface area contributed by atoms with Crippen LogP contribution in [0.25, 0.3) is 10.9 Å². The van der Waals surface area contributed by atoms with E-state index < -0.39 is 11.0 Å². The van der Waals surface area contributed by atoms with Crippen molar-refractivity contribution in [2.75, 3.05) is 5.32 Å². The molecule has 0 saturated carbocycles. The maximum Gasteiger partial charge on any atom is 0.275 e. The lowest BCUT2D eigenvalue weighted by Crippen LogP contribution is -2.15. The van der Waals surface area contributed by atoms with Gasteiger partial charge >= 0.3 is 0 Å². The standard InChI is InChI=1S/C22H18N4O3/c1-14-10-12-23-19(13-14)25-21(16-6-2-3-7-18(16)26(28)29)17-9-8-15-5-4-11-24-20(15)22(17)27/h2-13,21,27H,1H3,(H,23,25)/t21-/m0/s1. The van der Waals surface area contributed by atoms with Gasteiger partial charge in [0.1, 0.15) is 17.1 Å². The molecule has 0 aliphatic heterocycles. The van der Waals surface area contributed by atoms with Crippen molar-refractivity contribution in [3.63, 3.8) is 0 Å². The third-order valence-corrected chi connectivity index (χ3v) is 4.74. The lowest BCUT2D eigenvalue weighted by Gasteiger charge is -2.22. The topological polar surface area (TPSA) is 101 Å². The number of rotatable bonds is 5. The number of fused-ring (bicyclic) bond motifs is 1. The molecule has 2 aromatic carbocycles. The lowest BCUT2D eigenvalue weighted by molar-refractivity contribution is -0.385. The average Bonchev–Trinajstić information content (AvgIpc) is 2.73. The van der Waals surface area contributed by atoms with Gasteiger partial charge in [-0.1, -0.05) is 30.3 Å². The molecular weight excluding hydrogens is 368 g/mol. The van der Waals surface area contributed by atoms with Gasteiger partial charge < -0.3 is 10.4 Å². The molecule has 2 N–H and O–H groups in total. The van der Waals surface area contributed by atoms with Crippen molar-refractivity contribution in [1.82, 2.24) is 9.97 Å². The molecule has 0 saturated heterocycles. The molecule has 0 radical (unpaired) electrons. The van der Waals surface area contributed by atoms with Crippen LogP contribution >= 0.6 is 0 Å². The second kappa shape index (κ2) is 7.55. The highest BCUT2D eigenvalue weighted by atomic mass is 16.6. The van der Waals surface area contributed by atoms with E-state index in [-0.39, 0.29) is 11.4 Å². The molecule has 0 fully saturated rings. The van der Waals surface area contributed by atoms with Gasteiger partial charge in [0.25, 0.3) is 5.69 Å². The third kappa shape index (κ3) is 3.58. The molecule has 4 rings (SSSR count). The van der Waals surface area contributed by atoms with Crippen LogP contribution in [-0.4, -0.2) is 20.0 Å². The number of phenolic OH excluding ortho intramolecular Hbond substituents is 1. The van der Waals surface area contributed by atoms with Crippen LogP contribution in [0, 0.1) is 17.0 Å². The Morgan fingerprint density at radius 1 is 1.00 bits per heavy atom. The summed E-state index contributed by atoms with van der Waals surface area (Å²) in [7, 11) is 0. The minimum atomic E-state index is -0.697. The molecule has 0 aliphatic carbocycles. The highest BCUT2D eigenvalue weighted by Gasteiger charge is 2.26. The number of nitrogens with zero attached hydrogens (tertiary/aromatic N) is 3. The van der Waals surface area contributed by atoms with E-state index in [9.17, 15) is 15.2 Å². The SMILES string of the molecule is Cc1ccnc(N[C@@H](c2ccccc2[N+](=O)[O-])c2ccc3cccnc3c2O)c1. The van der Waals surface area contributed by atoms with Crippen LogP contribution in [0.5, 0.6) is 5.75 Å². The molecule has 0 amide bonds. The van der Waals surface area contributed by atoms with Crippen LogP contribution in [0.1, 0.15) is 22.7 Å².